The molecule has 0 amide bonds. The van der Waals surface area contributed by atoms with Crippen molar-refractivity contribution in [3.8, 4) is 11.4 Å². The second kappa shape index (κ2) is 4.40. The number of H-pyrrole nitrogens is 2. The molecule has 0 radical (unpaired) electrons. The average Bonchev–Trinajstić information content (AvgIpc) is 2.44. The van der Waals surface area contributed by atoms with E-state index in [2.05, 4.69) is 20.2 Å². The first-order valence-electron chi connectivity index (χ1n) is 5.29. The standard InChI is InChI=1S/C12H8N4S2/c17-11-8-6-13-10(7-4-2-1-3-5-7)14-9(8)12(18)16-15-11/h1-6H,(H,15,17)(H,16,18). The minimum Gasteiger partial charge on any atom is -0.289 e. The summed E-state index contributed by atoms with van der Waals surface area (Å²) in [5.41, 5.74) is 1.62. The Morgan fingerprint density at radius 2 is 1.67 bits per heavy atom. The number of rotatable bonds is 1. The second-order valence-electron chi connectivity index (χ2n) is 3.73. The number of benzene rings is 1. The highest BCUT2D eigenvalue weighted by Crippen LogP contribution is 2.18. The zero-order chi connectivity index (χ0) is 12.5. The molecule has 2 heterocycles. The lowest BCUT2D eigenvalue weighted by atomic mass is 10.2. The van der Waals surface area contributed by atoms with Gasteiger partial charge in [-0.2, -0.15) is 0 Å². The van der Waals surface area contributed by atoms with Crippen LogP contribution >= 0.6 is 24.4 Å². The average molecular weight is 272 g/mol. The van der Waals surface area contributed by atoms with E-state index in [1.54, 1.807) is 6.20 Å². The molecular formula is C12H8N4S2. The number of aromatic amines is 2. The highest BCUT2D eigenvalue weighted by Gasteiger charge is 2.05. The van der Waals surface area contributed by atoms with Gasteiger partial charge in [-0.25, -0.2) is 9.97 Å². The fourth-order valence-corrected chi connectivity index (χ4v) is 2.09. The van der Waals surface area contributed by atoms with Gasteiger partial charge in [0, 0.05) is 11.8 Å². The second-order valence-corrected chi connectivity index (χ2v) is 4.55. The van der Waals surface area contributed by atoms with Gasteiger partial charge in [0.25, 0.3) is 0 Å². The van der Waals surface area contributed by atoms with Crippen molar-refractivity contribution in [2.24, 2.45) is 0 Å². The Morgan fingerprint density at radius 3 is 2.44 bits per heavy atom. The van der Waals surface area contributed by atoms with Crippen molar-refractivity contribution in [3.05, 3.63) is 45.8 Å². The van der Waals surface area contributed by atoms with Gasteiger partial charge in [0.15, 0.2) is 5.82 Å². The van der Waals surface area contributed by atoms with E-state index in [4.69, 9.17) is 24.4 Å². The molecule has 6 heteroatoms. The van der Waals surface area contributed by atoms with Gasteiger partial charge in [0.05, 0.1) is 5.39 Å². The summed E-state index contributed by atoms with van der Waals surface area (Å²) in [6, 6.07) is 9.75. The van der Waals surface area contributed by atoms with Crippen molar-refractivity contribution >= 4 is 35.3 Å². The molecule has 0 unspecified atom stereocenters. The molecule has 0 spiro atoms. The van der Waals surface area contributed by atoms with Crippen LogP contribution in [0, 0.1) is 9.28 Å². The van der Waals surface area contributed by atoms with E-state index >= 15 is 0 Å². The lowest BCUT2D eigenvalue weighted by molar-refractivity contribution is 1.01. The molecule has 4 nitrogen and oxygen atoms in total. The highest BCUT2D eigenvalue weighted by atomic mass is 32.1. The first-order chi connectivity index (χ1) is 8.75. The van der Waals surface area contributed by atoms with Gasteiger partial charge in [0.2, 0.25) is 0 Å². The van der Waals surface area contributed by atoms with E-state index in [0.29, 0.717) is 20.6 Å². The SMILES string of the molecule is S=c1[nH][nH]c(=S)c2nc(-c3ccccc3)ncc12. The maximum Gasteiger partial charge on any atom is 0.159 e. The first kappa shape index (κ1) is 11.2. The molecule has 0 bridgehead atoms. The summed E-state index contributed by atoms with van der Waals surface area (Å²) >= 11 is 10.4. The molecule has 0 aliphatic carbocycles. The van der Waals surface area contributed by atoms with Crippen LogP contribution in [0.3, 0.4) is 0 Å². The number of fused-ring (bicyclic) bond motifs is 1. The molecule has 3 aromatic rings. The minimum absolute atomic E-state index is 0.526. The maximum atomic E-state index is 5.20. The molecule has 2 N–H and O–H groups in total. The predicted octanol–water partition coefficient (Wildman–Crippen LogP) is 3.41. The summed E-state index contributed by atoms with van der Waals surface area (Å²) in [7, 11) is 0. The summed E-state index contributed by atoms with van der Waals surface area (Å²) in [6.07, 6.45) is 1.70. The van der Waals surface area contributed by atoms with Crippen LogP contribution in [0.5, 0.6) is 0 Å². The van der Waals surface area contributed by atoms with Crippen molar-refractivity contribution in [1.82, 2.24) is 20.2 Å². The normalized spacial score (nSPS) is 10.7. The third kappa shape index (κ3) is 1.85. The minimum atomic E-state index is 0.526. The number of hydrogen-bond acceptors (Lipinski definition) is 4. The van der Waals surface area contributed by atoms with E-state index in [0.717, 1.165) is 10.9 Å². The van der Waals surface area contributed by atoms with Crippen LogP contribution < -0.4 is 0 Å². The molecule has 2 aromatic heterocycles. The fourth-order valence-electron chi connectivity index (χ4n) is 1.69. The van der Waals surface area contributed by atoms with Gasteiger partial charge in [-0.3, -0.25) is 10.2 Å². The van der Waals surface area contributed by atoms with E-state index in [1.807, 2.05) is 30.3 Å². The Morgan fingerprint density at radius 1 is 0.944 bits per heavy atom. The number of hydrogen-bond donors (Lipinski definition) is 2. The van der Waals surface area contributed by atoms with Crippen molar-refractivity contribution in [2.75, 3.05) is 0 Å². The van der Waals surface area contributed by atoms with Crippen LogP contribution in [0.15, 0.2) is 36.5 Å². The number of nitrogens with zero attached hydrogens (tertiary/aromatic N) is 2. The van der Waals surface area contributed by atoms with Gasteiger partial charge >= 0.3 is 0 Å². The molecule has 0 fully saturated rings. The molecular weight excluding hydrogens is 264 g/mol. The topological polar surface area (TPSA) is 57.4 Å². The van der Waals surface area contributed by atoms with Gasteiger partial charge in [0.1, 0.15) is 14.8 Å². The van der Waals surface area contributed by atoms with Crippen LogP contribution in [-0.2, 0) is 0 Å². The molecule has 3 rings (SSSR count). The molecule has 1 aromatic carbocycles. The lowest BCUT2D eigenvalue weighted by Gasteiger charge is -2.02. The molecule has 0 aliphatic rings. The largest absolute Gasteiger partial charge is 0.289 e. The van der Waals surface area contributed by atoms with E-state index < -0.39 is 0 Å². The summed E-state index contributed by atoms with van der Waals surface area (Å²) < 4.78 is 1.08. The van der Waals surface area contributed by atoms with Crippen LogP contribution in [-0.4, -0.2) is 20.2 Å². The summed E-state index contributed by atoms with van der Waals surface area (Å²) in [5, 5.41) is 6.38. The fraction of sp³-hybridized carbons (Fsp3) is 0. The third-order valence-corrected chi connectivity index (χ3v) is 3.19. The van der Waals surface area contributed by atoms with Gasteiger partial charge in [-0.1, -0.05) is 54.8 Å². The van der Waals surface area contributed by atoms with Crippen LogP contribution in [0.1, 0.15) is 0 Å². The predicted molar refractivity (Wildman–Crippen MR) is 75.3 cm³/mol. The zero-order valence-corrected chi connectivity index (χ0v) is 10.8. The van der Waals surface area contributed by atoms with Crippen molar-refractivity contribution in [2.45, 2.75) is 0 Å². The molecule has 0 saturated carbocycles. The summed E-state index contributed by atoms with van der Waals surface area (Å²) in [6.45, 7) is 0. The van der Waals surface area contributed by atoms with Gasteiger partial charge in [-0.15, -0.1) is 0 Å². The molecule has 0 atom stereocenters. The van der Waals surface area contributed by atoms with Crippen molar-refractivity contribution in [1.29, 1.82) is 0 Å². The Bertz CT molecular complexity index is 821. The maximum absolute atomic E-state index is 5.20. The molecule has 18 heavy (non-hydrogen) atoms. The molecule has 0 saturated heterocycles. The Kier molecular flexibility index (Phi) is 2.73. The number of aromatic nitrogens is 4. The third-order valence-electron chi connectivity index (χ3n) is 2.57. The monoisotopic (exact) mass is 272 g/mol. The smallest absolute Gasteiger partial charge is 0.159 e. The Labute approximate surface area is 113 Å². The Hall–Kier alpha value is -1.92. The van der Waals surface area contributed by atoms with Gasteiger partial charge in [-0.05, 0) is 0 Å². The lowest BCUT2D eigenvalue weighted by Crippen LogP contribution is -1.94. The van der Waals surface area contributed by atoms with Crippen molar-refractivity contribution < 1.29 is 0 Å². The van der Waals surface area contributed by atoms with Crippen LogP contribution in [0.2, 0.25) is 0 Å². The Balaban J connectivity index is 2.33. The number of nitrogens with one attached hydrogen (secondary N) is 2. The summed E-state index contributed by atoms with van der Waals surface area (Å²) in [5.74, 6) is 0.642. The first-order valence-corrected chi connectivity index (χ1v) is 6.10. The van der Waals surface area contributed by atoms with E-state index in [-0.39, 0.29) is 0 Å². The van der Waals surface area contributed by atoms with Crippen LogP contribution in [0.25, 0.3) is 22.3 Å². The van der Waals surface area contributed by atoms with Gasteiger partial charge < -0.3 is 0 Å². The summed E-state index contributed by atoms with van der Waals surface area (Å²) in [4.78, 5) is 8.79. The van der Waals surface area contributed by atoms with Crippen molar-refractivity contribution in [3.63, 3.8) is 0 Å². The quantitative estimate of drug-likeness (QED) is 0.666. The molecule has 0 aliphatic heterocycles. The molecule has 88 valence electrons. The highest BCUT2D eigenvalue weighted by molar-refractivity contribution is 7.72. The van der Waals surface area contributed by atoms with E-state index in [9.17, 15) is 0 Å². The van der Waals surface area contributed by atoms with E-state index in [1.165, 1.54) is 0 Å². The van der Waals surface area contributed by atoms with Crippen LogP contribution in [0.4, 0.5) is 0 Å². The zero-order valence-electron chi connectivity index (χ0n) is 9.18.